The number of benzene rings is 1. The molecule has 0 unspecified atom stereocenters. The number of anilines is 1. The molecule has 0 atom stereocenters. The molecule has 1 amide bonds. The summed E-state index contributed by atoms with van der Waals surface area (Å²) in [5.74, 6) is -0.994. The first kappa shape index (κ1) is 17.1. The quantitative estimate of drug-likeness (QED) is 0.556. The number of aromatic nitrogens is 2. The molecular formula is C19H15N3O4. The van der Waals surface area contributed by atoms with Gasteiger partial charge in [-0.3, -0.25) is 18.8 Å². The van der Waals surface area contributed by atoms with Crippen LogP contribution in [0.2, 0.25) is 0 Å². The normalized spacial score (nSPS) is 11.0. The maximum Gasteiger partial charge on any atom is 0.269 e. The average molecular weight is 349 g/mol. The van der Waals surface area contributed by atoms with Crippen LogP contribution in [0.4, 0.5) is 5.69 Å². The Morgan fingerprint density at radius 2 is 1.88 bits per heavy atom. The Labute approximate surface area is 148 Å². The summed E-state index contributed by atoms with van der Waals surface area (Å²) >= 11 is 0. The van der Waals surface area contributed by atoms with Crippen molar-refractivity contribution in [2.24, 2.45) is 0 Å². The van der Waals surface area contributed by atoms with Gasteiger partial charge in [-0.05, 0) is 48.6 Å². The number of nitrogens with one attached hydrogen (secondary N) is 1. The van der Waals surface area contributed by atoms with Crippen LogP contribution in [0.3, 0.4) is 0 Å². The minimum absolute atomic E-state index is 0.0723. The van der Waals surface area contributed by atoms with E-state index in [2.05, 4.69) is 10.3 Å². The Balaban J connectivity index is 1.88. The van der Waals surface area contributed by atoms with Crippen LogP contribution in [0.25, 0.3) is 11.7 Å². The standard InChI is InChI=1S/C19H15N3O4/c1-12(23)20-14-7-5-13(6-8-14)16(24)10-9-15-18(25)21-17-4-2-3-11-22(17)19(15)26/h2-11,25H,1H3,(H,20,23). The first-order chi connectivity index (χ1) is 12.5. The summed E-state index contributed by atoms with van der Waals surface area (Å²) < 4.78 is 1.28. The zero-order valence-electron chi connectivity index (χ0n) is 13.8. The number of rotatable bonds is 4. The molecule has 3 rings (SSSR count). The lowest BCUT2D eigenvalue weighted by Gasteiger charge is -2.04. The van der Waals surface area contributed by atoms with Crippen molar-refractivity contribution in [3.05, 3.63) is 76.2 Å². The van der Waals surface area contributed by atoms with E-state index in [0.29, 0.717) is 16.9 Å². The predicted molar refractivity (Wildman–Crippen MR) is 97.2 cm³/mol. The third-order valence-corrected chi connectivity index (χ3v) is 3.64. The van der Waals surface area contributed by atoms with Crippen molar-refractivity contribution < 1.29 is 14.7 Å². The van der Waals surface area contributed by atoms with Crippen LogP contribution in [0.5, 0.6) is 5.88 Å². The van der Waals surface area contributed by atoms with Crippen molar-refractivity contribution in [3.8, 4) is 5.88 Å². The summed E-state index contributed by atoms with van der Waals surface area (Å²) in [4.78, 5) is 39.6. The van der Waals surface area contributed by atoms with Crippen LogP contribution in [-0.4, -0.2) is 26.2 Å². The van der Waals surface area contributed by atoms with E-state index in [1.807, 2.05) is 0 Å². The van der Waals surface area contributed by atoms with Gasteiger partial charge in [-0.1, -0.05) is 6.07 Å². The van der Waals surface area contributed by atoms with Crippen molar-refractivity contribution in [2.75, 3.05) is 5.32 Å². The third kappa shape index (κ3) is 3.51. The minimum Gasteiger partial charge on any atom is -0.493 e. The monoisotopic (exact) mass is 349 g/mol. The van der Waals surface area contributed by atoms with Crippen LogP contribution in [0, 0.1) is 0 Å². The molecule has 0 saturated heterocycles. The van der Waals surface area contributed by atoms with Gasteiger partial charge in [0.15, 0.2) is 5.78 Å². The highest BCUT2D eigenvalue weighted by atomic mass is 16.3. The molecule has 130 valence electrons. The fraction of sp³-hybridized carbons (Fsp3) is 0.0526. The van der Waals surface area contributed by atoms with E-state index in [4.69, 9.17) is 0 Å². The van der Waals surface area contributed by atoms with Crippen LogP contribution in [0.1, 0.15) is 22.8 Å². The van der Waals surface area contributed by atoms with Gasteiger partial charge >= 0.3 is 0 Å². The number of allylic oxidation sites excluding steroid dienone is 1. The lowest BCUT2D eigenvalue weighted by molar-refractivity contribution is -0.114. The Morgan fingerprint density at radius 1 is 1.15 bits per heavy atom. The van der Waals surface area contributed by atoms with Crippen LogP contribution in [-0.2, 0) is 4.79 Å². The number of nitrogens with zero attached hydrogens (tertiary/aromatic N) is 2. The molecule has 0 radical (unpaired) electrons. The second-order valence-corrected chi connectivity index (χ2v) is 5.54. The fourth-order valence-corrected chi connectivity index (χ4v) is 2.41. The van der Waals surface area contributed by atoms with Gasteiger partial charge in [-0.15, -0.1) is 0 Å². The molecule has 0 aliphatic carbocycles. The Bertz CT molecular complexity index is 1080. The van der Waals surface area contributed by atoms with Gasteiger partial charge in [-0.2, -0.15) is 4.98 Å². The van der Waals surface area contributed by atoms with Gasteiger partial charge in [0.05, 0.1) is 0 Å². The van der Waals surface area contributed by atoms with Crippen LogP contribution in [0.15, 0.2) is 59.5 Å². The summed E-state index contributed by atoms with van der Waals surface area (Å²) in [5.41, 5.74) is 0.721. The maximum absolute atomic E-state index is 12.4. The number of fused-ring (bicyclic) bond motifs is 1. The van der Waals surface area contributed by atoms with E-state index in [0.717, 1.165) is 0 Å². The van der Waals surface area contributed by atoms with Crippen LogP contribution < -0.4 is 10.9 Å². The molecule has 0 bridgehead atoms. The van der Waals surface area contributed by atoms with Gasteiger partial charge in [0.2, 0.25) is 11.8 Å². The molecule has 26 heavy (non-hydrogen) atoms. The van der Waals surface area contributed by atoms with Crippen molar-refractivity contribution in [2.45, 2.75) is 6.92 Å². The molecule has 0 aliphatic rings. The van der Waals surface area contributed by atoms with E-state index < -0.39 is 11.4 Å². The number of amides is 1. The highest BCUT2D eigenvalue weighted by Crippen LogP contribution is 2.14. The minimum atomic E-state index is -0.474. The van der Waals surface area contributed by atoms with Gasteiger partial charge in [-0.25, -0.2) is 0 Å². The van der Waals surface area contributed by atoms with E-state index in [1.165, 1.54) is 29.7 Å². The van der Waals surface area contributed by atoms with Crippen molar-refractivity contribution in [1.82, 2.24) is 9.38 Å². The van der Waals surface area contributed by atoms with Crippen molar-refractivity contribution in [1.29, 1.82) is 0 Å². The molecule has 0 aliphatic heterocycles. The lowest BCUT2D eigenvalue weighted by Crippen LogP contribution is -2.17. The number of aromatic hydroxyl groups is 1. The molecule has 3 aromatic rings. The summed E-state index contributed by atoms with van der Waals surface area (Å²) in [6.45, 7) is 1.39. The largest absolute Gasteiger partial charge is 0.493 e. The highest BCUT2D eigenvalue weighted by molar-refractivity contribution is 6.07. The van der Waals surface area contributed by atoms with Gasteiger partial charge in [0.1, 0.15) is 11.2 Å². The average Bonchev–Trinajstić information content (AvgIpc) is 2.61. The maximum atomic E-state index is 12.4. The second-order valence-electron chi connectivity index (χ2n) is 5.54. The summed E-state index contributed by atoms with van der Waals surface area (Å²) in [5, 5.41) is 12.6. The SMILES string of the molecule is CC(=O)Nc1ccc(C(=O)C=Cc2c(O)nc3ccccn3c2=O)cc1. The Morgan fingerprint density at radius 3 is 2.58 bits per heavy atom. The molecule has 2 heterocycles. The number of carbonyl (C=O) groups excluding carboxylic acids is 2. The van der Waals surface area contributed by atoms with E-state index in [9.17, 15) is 19.5 Å². The molecule has 2 N–H and O–H groups in total. The van der Waals surface area contributed by atoms with E-state index >= 15 is 0 Å². The number of ketones is 1. The first-order valence-corrected chi connectivity index (χ1v) is 7.76. The molecule has 0 saturated carbocycles. The highest BCUT2D eigenvalue weighted by Gasteiger charge is 2.10. The van der Waals surface area contributed by atoms with Gasteiger partial charge < -0.3 is 10.4 Å². The molecule has 7 heteroatoms. The molecule has 2 aromatic heterocycles. The first-order valence-electron chi connectivity index (χ1n) is 7.76. The summed E-state index contributed by atoms with van der Waals surface area (Å²) in [6.07, 6.45) is 3.97. The number of hydrogen-bond acceptors (Lipinski definition) is 5. The second kappa shape index (κ2) is 7.02. The smallest absolute Gasteiger partial charge is 0.269 e. The summed E-state index contributed by atoms with van der Waals surface area (Å²) in [6, 6.07) is 11.3. The topological polar surface area (TPSA) is 101 Å². The zero-order valence-corrected chi connectivity index (χ0v) is 13.8. The van der Waals surface area contributed by atoms with Gasteiger partial charge in [0.25, 0.3) is 5.56 Å². The summed E-state index contributed by atoms with van der Waals surface area (Å²) in [7, 11) is 0. The van der Waals surface area contributed by atoms with Crippen molar-refractivity contribution in [3.63, 3.8) is 0 Å². The predicted octanol–water partition coefficient (Wildman–Crippen LogP) is 2.25. The fourth-order valence-electron chi connectivity index (χ4n) is 2.41. The Hall–Kier alpha value is -3.74. The lowest BCUT2D eigenvalue weighted by atomic mass is 10.1. The van der Waals surface area contributed by atoms with Crippen LogP contribution >= 0.6 is 0 Å². The zero-order chi connectivity index (χ0) is 18.7. The van der Waals surface area contributed by atoms with Crippen molar-refractivity contribution >= 4 is 29.1 Å². The van der Waals surface area contributed by atoms with Gasteiger partial charge in [0, 0.05) is 24.4 Å². The van der Waals surface area contributed by atoms with E-state index in [-0.39, 0.29) is 17.3 Å². The number of pyridine rings is 1. The molecule has 1 aromatic carbocycles. The number of carbonyl (C=O) groups is 2. The number of hydrogen-bond donors (Lipinski definition) is 2. The Kier molecular flexibility index (Phi) is 4.62. The molecule has 7 nitrogen and oxygen atoms in total. The molecular weight excluding hydrogens is 334 g/mol. The van der Waals surface area contributed by atoms with E-state index in [1.54, 1.807) is 42.5 Å². The molecule has 0 spiro atoms. The molecule has 0 fully saturated rings. The third-order valence-electron chi connectivity index (χ3n) is 3.64.